The average molecular weight is 209 g/mol. The quantitative estimate of drug-likeness (QED) is 0.465. The highest BCUT2D eigenvalue weighted by Crippen LogP contribution is 2.13. The summed E-state index contributed by atoms with van der Waals surface area (Å²) < 4.78 is 0. The van der Waals surface area contributed by atoms with Crippen LogP contribution in [-0.4, -0.2) is 38.4 Å². The average Bonchev–Trinajstić information content (AvgIpc) is 2.25. The van der Waals surface area contributed by atoms with Gasteiger partial charge in [-0.2, -0.15) is 0 Å². The van der Waals surface area contributed by atoms with Gasteiger partial charge in [0.25, 0.3) is 0 Å². The fourth-order valence-electron chi connectivity index (χ4n) is 1.31. The van der Waals surface area contributed by atoms with Gasteiger partial charge < -0.3 is 21.1 Å². The van der Waals surface area contributed by atoms with Crippen molar-refractivity contribution in [3.05, 3.63) is 24.3 Å². The number of nitrogens with one attached hydrogen (secondary N) is 1. The summed E-state index contributed by atoms with van der Waals surface area (Å²) in [6.45, 7) is 2.60. The maximum atomic E-state index is 8.59. The zero-order valence-corrected chi connectivity index (χ0v) is 9.11. The Bertz CT molecular complexity index is 274. The van der Waals surface area contributed by atoms with E-state index in [0.717, 1.165) is 24.5 Å². The Labute approximate surface area is 90.7 Å². The number of hydrogen-bond acceptors (Lipinski definition) is 4. The molecular weight excluding hydrogens is 190 g/mol. The van der Waals surface area contributed by atoms with Crippen LogP contribution in [0, 0.1) is 0 Å². The molecule has 0 aromatic heterocycles. The SMILES string of the molecule is CN(CCNCCO)c1ccc(N)cc1. The van der Waals surface area contributed by atoms with Crippen molar-refractivity contribution in [1.29, 1.82) is 0 Å². The van der Waals surface area contributed by atoms with Crippen molar-refractivity contribution in [3.63, 3.8) is 0 Å². The molecule has 84 valence electrons. The molecule has 0 aliphatic carbocycles. The first-order valence-corrected chi connectivity index (χ1v) is 5.12. The molecule has 1 aromatic rings. The van der Waals surface area contributed by atoms with Crippen LogP contribution in [0.2, 0.25) is 0 Å². The number of aliphatic hydroxyl groups excluding tert-OH is 1. The molecular formula is C11H19N3O. The lowest BCUT2D eigenvalue weighted by atomic mass is 10.2. The highest BCUT2D eigenvalue weighted by atomic mass is 16.3. The molecule has 0 atom stereocenters. The fourth-order valence-corrected chi connectivity index (χ4v) is 1.31. The smallest absolute Gasteiger partial charge is 0.0555 e. The number of nitrogens with two attached hydrogens (primary N) is 1. The minimum atomic E-state index is 0.186. The molecule has 0 heterocycles. The largest absolute Gasteiger partial charge is 0.399 e. The molecule has 0 amide bonds. The zero-order valence-electron chi connectivity index (χ0n) is 9.11. The Morgan fingerprint density at radius 3 is 2.53 bits per heavy atom. The van der Waals surface area contributed by atoms with Crippen molar-refractivity contribution in [2.45, 2.75) is 0 Å². The molecule has 0 spiro atoms. The third kappa shape index (κ3) is 4.18. The molecule has 0 aliphatic heterocycles. The second-order valence-electron chi connectivity index (χ2n) is 3.49. The molecule has 0 aliphatic rings. The summed E-state index contributed by atoms with van der Waals surface area (Å²) in [5.74, 6) is 0. The Hall–Kier alpha value is -1.26. The summed E-state index contributed by atoms with van der Waals surface area (Å²) in [5.41, 5.74) is 7.54. The van der Waals surface area contributed by atoms with Gasteiger partial charge in [0.05, 0.1) is 6.61 Å². The van der Waals surface area contributed by atoms with Crippen LogP contribution < -0.4 is 16.0 Å². The number of nitrogens with zero attached hydrogens (tertiary/aromatic N) is 1. The van der Waals surface area contributed by atoms with Crippen molar-refractivity contribution in [2.24, 2.45) is 0 Å². The van der Waals surface area contributed by atoms with Gasteiger partial charge in [0, 0.05) is 38.1 Å². The molecule has 1 aromatic carbocycles. The Balaban J connectivity index is 2.33. The predicted octanol–water partition coefficient (Wildman–Crippen LogP) is 0.287. The molecule has 4 N–H and O–H groups in total. The highest BCUT2D eigenvalue weighted by molar-refractivity contribution is 5.52. The van der Waals surface area contributed by atoms with Crippen LogP contribution in [0.15, 0.2) is 24.3 Å². The minimum Gasteiger partial charge on any atom is -0.399 e. The molecule has 0 unspecified atom stereocenters. The van der Waals surface area contributed by atoms with E-state index < -0.39 is 0 Å². The summed E-state index contributed by atoms with van der Waals surface area (Å²) in [6.07, 6.45) is 0. The lowest BCUT2D eigenvalue weighted by Crippen LogP contribution is -2.30. The molecule has 0 fully saturated rings. The van der Waals surface area contributed by atoms with Gasteiger partial charge in [-0.3, -0.25) is 0 Å². The third-order valence-electron chi connectivity index (χ3n) is 2.25. The van der Waals surface area contributed by atoms with Gasteiger partial charge in [-0.15, -0.1) is 0 Å². The Morgan fingerprint density at radius 2 is 1.93 bits per heavy atom. The monoisotopic (exact) mass is 209 g/mol. The molecule has 0 saturated heterocycles. The number of nitrogen functional groups attached to an aromatic ring is 1. The molecule has 0 bridgehead atoms. The number of aliphatic hydroxyl groups is 1. The lowest BCUT2D eigenvalue weighted by molar-refractivity contribution is 0.293. The maximum Gasteiger partial charge on any atom is 0.0555 e. The Morgan fingerprint density at radius 1 is 1.27 bits per heavy atom. The third-order valence-corrected chi connectivity index (χ3v) is 2.25. The number of benzene rings is 1. The summed E-state index contributed by atoms with van der Waals surface area (Å²) in [4.78, 5) is 2.14. The van der Waals surface area contributed by atoms with E-state index >= 15 is 0 Å². The van der Waals surface area contributed by atoms with Crippen LogP contribution in [0.1, 0.15) is 0 Å². The van der Waals surface area contributed by atoms with Crippen LogP contribution in [0.25, 0.3) is 0 Å². The highest BCUT2D eigenvalue weighted by Gasteiger charge is 1.99. The van der Waals surface area contributed by atoms with E-state index in [0.29, 0.717) is 6.54 Å². The van der Waals surface area contributed by atoms with Gasteiger partial charge in [-0.25, -0.2) is 0 Å². The van der Waals surface area contributed by atoms with Crippen LogP contribution in [0.4, 0.5) is 11.4 Å². The van der Waals surface area contributed by atoms with E-state index in [1.54, 1.807) is 0 Å². The van der Waals surface area contributed by atoms with Crippen LogP contribution in [0.5, 0.6) is 0 Å². The zero-order chi connectivity index (χ0) is 11.1. The van der Waals surface area contributed by atoms with Crippen LogP contribution in [0.3, 0.4) is 0 Å². The lowest BCUT2D eigenvalue weighted by Gasteiger charge is -2.19. The van der Waals surface area contributed by atoms with Crippen molar-refractivity contribution < 1.29 is 5.11 Å². The van der Waals surface area contributed by atoms with Crippen LogP contribution >= 0.6 is 0 Å². The molecule has 0 radical (unpaired) electrons. The van der Waals surface area contributed by atoms with Gasteiger partial charge >= 0.3 is 0 Å². The van der Waals surface area contributed by atoms with Gasteiger partial charge in [0.1, 0.15) is 0 Å². The number of likely N-dealkylation sites (N-methyl/N-ethyl adjacent to an activating group) is 1. The second-order valence-corrected chi connectivity index (χ2v) is 3.49. The summed E-state index contributed by atoms with van der Waals surface area (Å²) in [7, 11) is 2.03. The van der Waals surface area contributed by atoms with E-state index in [1.807, 2.05) is 31.3 Å². The Kier molecular flexibility index (Phi) is 4.93. The number of hydrogen-bond donors (Lipinski definition) is 3. The van der Waals surface area contributed by atoms with Gasteiger partial charge in [-0.05, 0) is 24.3 Å². The predicted molar refractivity (Wildman–Crippen MR) is 64.1 cm³/mol. The van der Waals surface area contributed by atoms with Crippen molar-refractivity contribution in [1.82, 2.24) is 5.32 Å². The topological polar surface area (TPSA) is 61.5 Å². The van der Waals surface area contributed by atoms with Gasteiger partial charge in [-0.1, -0.05) is 0 Å². The van der Waals surface area contributed by atoms with E-state index in [9.17, 15) is 0 Å². The van der Waals surface area contributed by atoms with E-state index in [2.05, 4.69) is 10.2 Å². The first-order valence-electron chi connectivity index (χ1n) is 5.12. The van der Waals surface area contributed by atoms with Crippen molar-refractivity contribution in [3.8, 4) is 0 Å². The summed E-state index contributed by atoms with van der Waals surface area (Å²) >= 11 is 0. The normalized spacial score (nSPS) is 10.3. The number of rotatable bonds is 6. The minimum absolute atomic E-state index is 0.186. The van der Waals surface area contributed by atoms with E-state index in [4.69, 9.17) is 10.8 Å². The summed E-state index contributed by atoms with van der Waals surface area (Å²) in [6, 6.07) is 7.79. The molecule has 1 rings (SSSR count). The van der Waals surface area contributed by atoms with Gasteiger partial charge in [0.2, 0.25) is 0 Å². The van der Waals surface area contributed by atoms with Crippen LogP contribution in [-0.2, 0) is 0 Å². The van der Waals surface area contributed by atoms with Crippen molar-refractivity contribution >= 4 is 11.4 Å². The van der Waals surface area contributed by atoms with E-state index in [1.165, 1.54) is 0 Å². The molecule has 15 heavy (non-hydrogen) atoms. The van der Waals surface area contributed by atoms with Crippen molar-refractivity contribution in [2.75, 3.05) is 43.9 Å². The molecule has 4 nitrogen and oxygen atoms in total. The first-order chi connectivity index (χ1) is 7.24. The van der Waals surface area contributed by atoms with Gasteiger partial charge in [0.15, 0.2) is 0 Å². The second kappa shape index (κ2) is 6.27. The fraction of sp³-hybridized carbons (Fsp3) is 0.455. The molecule has 4 heteroatoms. The maximum absolute atomic E-state index is 8.59. The van der Waals surface area contributed by atoms with E-state index in [-0.39, 0.29) is 6.61 Å². The number of anilines is 2. The first kappa shape index (κ1) is 11.8. The molecule has 0 saturated carbocycles. The summed E-state index contributed by atoms with van der Waals surface area (Å²) in [5, 5.41) is 11.7. The standard InChI is InChI=1S/C11H19N3O/c1-14(8-6-13-7-9-15)11-4-2-10(12)3-5-11/h2-5,13,15H,6-9,12H2,1H3.